The molecule has 0 radical (unpaired) electrons. The first kappa shape index (κ1) is 14.6. The van der Waals surface area contributed by atoms with Crippen LogP contribution in [0.5, 0.6) is 0 Å². The third-order valence-electron chi connectivity index (χ3n) is 2.58. The van der Waals surface area contributed by atoms with Gasteiger partial charge in [-0.2, -0.15) is 0 Å². The van der Waals surface area contributed by atoms with Gasteiger partial charge in [-0.3, -0.25) is 0 Å². The third kappa shape index (κ3) is 5.15. The molecular formula is C13H24N2OS. The molecule has 0 aliphatic heterocycles. The fourth-order valence-electron chi connectivity index (χ4n) is 1.41. The highest BCUT2D eigenvalue weighted by molar-refractivity contribution is 7.11. The number of nitrogens with one attached hydrogen (secondary N) is 1. The number of thiazole rings is 1. The number of aryl methyl sites for hydroxylation is 1. The molecule has 0 fully saturated rings. The van der Waals surface area contributed by atoms with Crippen LogP contribution in [0.15, 0.2) is 0 Å². The van der Waals surface area contributed by atoms with Crippen molar-refractivity contribution in [2.45, 2.75) is 59.2 Å². The minimum Gasteiger partial charge on any atom is -0.381 e. The lowest BCUT2D eigenvalue weighted by molar-refractivity contribution is 0.118. The van der Waals surface area contributed by atoms with E-state index < -0.39 is 0 Å². The Labute approximate surface area is 109 Å². The van der Waals surface area contributed by atoms with Gasteiger partial charge in [0, 0.05) is 30.5 Å². The van der Waals surface area contributed by atoms with Gasteiger partial charge < -0.3 is 10.1 Å². The summed E-state index contributed by atoms with van der Waals surface area (Å²) in [4.78, 5) is 5.93. The molecule has 0 saturated carbocycles. The van der Waals surface area contributed by atoms with Crippen molar-refractivity contribution in [2.24, 2.45) is 0 Å². The van der Waals surface area contributed by atoms with E-state index in [2.05, 4.69) is 44.9 Å². The van der Waals surface area contributed by atoms with E-state index >= 15 is 0 Å². The summed E-state index contributed by atoms with van der Waals surface area (Å²) >= 11 is 1.79. The van der Waals surface area contributed by atoms with Crippen LogP contribution in [0.4, 0.5) is 0 Å². The lowest BCUT2D eigenvalue weighted by Gasteiger charge is -2.19. The second-order valence-electron chi connectivity index (χ2n) is 5.47. The van der Waals surface area contributed by atoms with E-state index in [-0.39, 0.29) is 11.6 Å². The summed E-state index contributed by atoms with van der Waals surface area (Å²) in [5, 5.41) is 4.67. The maximum absolute atomic E-state index is 5.27. The van der Waals surface area contributed by atoms with Gasteiger partial charge in [0.2, 0.25) is 0 Å². The average Bonchev–Trinajstić information content (AvgIpc) is 2.54. The van der Waals surface area contributed by atoms with Crippen LogP contribution in [-0.4, -0.2) is 23.7 Å². The van der Waals surface area contributed by atoms with Gasteiger partial charge in [0.15, 0.2) is 0 Å². The Balaban J connectivity index is 2.62. The molecule has 1 atom stereocenters. The van der Waals surface area contributed by atoms with Crippen LogP contribution in [0.2, 0.25) is 0 Å². The van der Waals surface area contributed by atoms with Gasteiger partial charge in [-0.05, 0) is 34.6 Å². The van der Waals surface area contributed by atoms with Gasteiger partial charge in [0.05, 0.1) is 16.8 Å². The topological polar surface area (TPSA) is 34.1 Å². The highest BCUT2D eigenvalue weighted by Gasteiger charge is 2.13. The number of ether oxygens (including phenoxy) is 1. The van der Waals surface area contributed by atoms with Crippen molar-refractivity contribution in [2.75, 3.05) is 7.11 Å². The summed E-state index contributed by atoms with van der Waals surface area (Å²) in [6, 6.07) is 0. The second-order valence-corrected chi connectivity index (χ2v) is 6.64. The van der Waals surface area contributed by atoms with Crippen LogP contribution in [0.3, 0.4) is 0 Å². The zero-order valence-electron chi connectivity index (χ0n) is 11.8. The molecule has 1 aromatic heterocycles. The molecule has 1 rings (SSSR count). The first-order valence-corrected chi connectivity index (χ1v) is 6.86. The first-order valence-electron chi connectivity index (χ1n) is 6.05. The van der Waals surface area contributed by atoms with Crippen LogP contribution in [-0.2, 0) is 17.7 Å². The lowest BCUT2D eigenvalue weighted by atomic mass is 10.1. The molecule has 0 aliphatic rings. The maximum atomic E-state index is 5.27. The predicted molar refractivity (Wildman–Crippen MR) is 73.6 cm³/mol. The number of aromatic nitrogens is 1. The Morgan fingerprint density at radius 2 is 2.06 bits per heavy atom. The van der Waals surface area contributed by atoms with E-state index in [0.29, 0.717) is 0 Å². The Hall–Kier alpha value is -0.450. The number of rotatable bonds is 5. The van der Waals surface area contributed by atoms with Crippen LogP contribution < -0.4 is 5.32 Å². The maximum Gasteiger partial charge on any atom is 0.0957 e. The van der Waals surface area contributed by atoms with Gasteiger partial charge in [0.1, 0.15) is 0 Å². The minimum absolute atomic E-state index is 0.149. The van der Waals surface area contributed by atoms with Crippen molar-refractivity contribution in [1.29, 1.82) is 0 Å². The molecule has 3 nitrogen and oxygen atoms in total. The molecule has 0 bridgehead atoms. The van der Waals surface area contributed by atoms with Gasteiger partial charge >= 0.3 is 0 Å². The third-order valence-corrected chi connectivity index (χ3v) is 3.76. The van der Waals surface area contributed by atoms with Crippen molar-refractivity contribution in [1.82, 2.24) is 10.3 Å². The van der Waals surface area contributed by atoms with Crippen LogP contribution >= 0.6 is 11.3 Å². The molecule has 0 amide bonds. The summed E-state index contributed by atoms with van der Waals surface area (Å²) in [5.41, 5.74) is 1.29. The van der Waals surface area contributed by atoms with Crippen molar-refractivity contribution in [3.63, 3.8) is 0 Å². The fourth-order valence-corrected chi connectivity index (χ4v) is 2.54. The van der Waals surface area contributed by atoms with Gasteiger partial charge in [-0.1, -0.05) is 0 Å². The van der Waals surface area contributed by atoms with Crippen molar-refractivity contribution in [3.05, 3.63) is 15.6 Å². The Morgan fingerprint density at radius 1 is 1.41 bits per heavy atom. The molecule has 0 saturated heterocycles. The normalized spacial score (nSPS) is 14.0. The zero-order valence-corrected chi connectivity index (χ0v) is 12.6. The molecule has 0 aliphatic carbocycles. The lowest BCUT2D eigenvalue weighted by Crippen LogP contribution is -2.34. The molecule has 1 heterocycles. The molecular weight excluding hydrogens is 232 g/mol. The Kier molecular flexibility index (Phi) is 5.10. The van der Waals surface area contributed by atoms with Crippen molar-refractivity contribution in [3.8, 4) is 0 Å². The molecule has 98 valence electrons. The molecule has 1 N–H and O–H groups in total. The number of hydrogen-bond donors (Lipinski definition) is 1. The van der Waals surface area contributed by atoms with Gasteiger partial charge in [-0.25, -0.2) is 4.98 Å². The van der Waals surface area contributed by atoms with E-state index in [4.69, 9.17) is 4.74 Å². The van der Waals surface area contributed by atoms with E-state index in [9.17, 15) is 0 Å². The summed E-state index contributed by atoms with van der Waals surface area (Å²) in [6.45, 7) is 11.6. The van der Waals surface area contributed by atoms with Crippen LogP contribution in [0.1, 0.15) is 43.3 Å². The Morgan fingerprint density at radius 3 is 2.59 bits per heavy atom. The largest absolute Gasteiger partial charge is 0.381 e. The number of nitrogens with zero attached hydrogens (tertiary/aromatic N) is 1. The molecule has 0 spiro atoms. The Bertz CT molecular complexity index is 355. The van der Waals surface area contributed by atoms with Crippen LogP contribution in [0.25, 0.3) is 0 Å². The van der Waals surface area contributed by atoms with Crippen molar-refractivity contribution < 1.29 is 4.74 Å². The standard InChI is InChI=1S/C13H24N2OS/c1-9(16-6)7-12-15-10(2)11(17-12)8-14-13(3,4)5/h9,14H,7-8H2,1-6H3. The molecule has 4 heteroatoms. The molecule has 17 heavy (non-hydrogen) atoms. The number of hydrogen-bond acceptors (Lipinski definition) is 4. The monoisotopic (exact) mass is 256 g/mol. The minimum atomic E-state index is 0.149. The van der Waals surface area contributed by atoms with E-state index in [1.54, 1.807) is 18.4 Å². The summed E-state index contributed by atoms with van der Waals surface area (Å²) in [5.74, 6) is 0. The smallest absolute Gasteiger partial charge is 0.0957 e. The average molecular weight is 256 g/mol. The highest BCUT2D eigenvalue weighted by atomic mass is 32.1. The quantitative estimate of drug-likeness (QED) is 0.879. The SMILES string of the molecule is COC(C)Cc1nc(C)c(CNC(C)(C)C)s1. The van der Waals surface area contributed by atoms with Crippen LogP contribution in [0, 0.1) is 6.92 Å². The molecule has 0 aromatic carbocycles. The molecule has 1 aromatic rings. The number of methoxy groups -OCH3 is 1. The fraction of sp³-hybridized carbons (Fsp3) is 0.769. The second kappa shape index (κ2) is 5.94. The van der Waals surface area contributed by atoms with Gasteiger partial charge in [0.25, 0.3) is 0 Å². The van der Waals surface area contributed by atoms with Crippen molar-refractivity contribution >= 4 is 11.3 Å². The van der Waals surface area contributed by atoms with Gasteiger partial charge in [-0.15, -0.1) is 11.3 Å². The zero-order chi connectivity index (χ0) is 13.1. The summed E-state index contributed by atoms with van der Waals surface area (Å²) < 4.78 is 5.27. The first-order chi connectivity index (χ1) is 7.81. The van der Waals surface area contributed by atoms with E-state index in [0.717, 1.165) is 18.7 Å². The molecule has 1 unspecified atom stereocenters. The predicted octanol–water partition coefficient (Wildman–Crippen LogP) is 2.92. The summed E-state index contributed by atoms with van der Waals surface area (Å²) in [6.07, 6.45) is 1.14. The highest BCUT2D eigenvalue weighted by Crippen LogP contribution is 2.20. The van der Waals surface area contributed by atoms with E-state index in [1.807, 2.05) is 0 Å². The summed E-state index contributed by atoms with van der Waals surface area (Å²) in [7, 11) is 1.74. The van der Waals surface area contributed by atoms with E-state index in [1.165, 1.54) is 9.88 Å².